The predicted molar refractivity (Wildman–Crippen MR) is 109 cm³/mol. The maximum Gasteiger partial charge on any atom is 0.531 e. The molecule has 3 rings (SSSR count). The van der Waals surface area contributed by atoms with Crippen molar-refractivity contribution in [2.24, 2.45) is 11.8 Å². The van der Waals surface area contributed by atoms with Crippen LogP contribution in [0.2, 0.25) is 0 Å². The molecule has 1 aromatic carbocycles. The third-order valence-corrected chi connectivity index (χ3v) is 6.93. The largest absolute Gasteiger partial charge is 0.531 e. The molecule has 2 aliphatic carbocycles. The van der Waals surface area contributed by atoms with E-state index < -0.39 is 19.0 Å². The lowest BCUT2D eigenvalue weighted by Crippen LogP contribution is -2.38. The molecule has 0 N–H and O–H groups in total. The summed E-state index contributed by atoms with van der Waals surface area (Å²) in [5, 5.41) is 0. The van der Waals surface area contributed by atoms with E-state index in [1.54, 1.807) is 12.1 Å². The van der Waals surface area contributed by atoms with Crippen LogP contribution in [0.25, 0.3) is 0 Å². The van der Waals surface area contributed by atoms with Crippen LogP contribution in [0.4, 0.5) is 0 Å². The molecule has 0 bridgehead atoms. The Balaban J connectivity index is 1.92. The van der Waals surface area contributed by atoms with Gasteiger partial charge in [-0.05, 0) is 26.0 Å². The van der Waals surface area contributed by atoms with Gasteiger partial charge in [-0.1, -0.05) is 80.7 Å². The topological polar surface area (TPSA) is 44.8 Å². The number of para-hydroxylation sites is 1. The summed E-state index contributed by atoms with van der Waals surface area (Å²) in [5.41, 5.74) is -1.60. The van der Waals surface area contributed by atoms with E-state index in [9.17, 15) is 4.57 Å². The Labute approximate surface area is 161 Å². The average Bonchev–Trinajstić information content (AvgIpc) is 2.61. The van der Waals surface area contributed by atoms with Gasteiger partial charge in [-0.25, -0.2) is 4.57 Å². The molecular weight excluding hydrogens is 359 g/mol. The van der Waals surface area contributed by atoms with Crippen LogP contribution in [-0.2, 0) is 13.6 Å². The van der Waals surface area contributed by atoms with Gasteiger partial charge in [0.05, 0.1) is 0 Å². The fourth-order valence-corrected chi connectivity index (χ4v) is 4.93. The molecule has 0 aromatic heterocycles. The van der Waals surface area contributed by atoms with Gasteiger partial charge in [-0.2, -0.15) is 0 Å². The van der Waals surface area contributed by atoms with E-state index in [-0.39, 0.29) is 11.8 Å². The smallest absolute Gasteiger partial charge is 0.404 e. The number of allylic oxidation sites excluding steroid dienone is 4. The number of benzene rings is 1. The molecule has 5 heteroatoms. The zero-order valence-corrected chi connectivity index (χ0v) is 17.1. The van der Waals surface area contributed by atoms with Gasteiger partial charge < -0.3 is 4.52 Å². The fraction of sp³-hybridized carbons (Fsp3) is 0.364. The summed E-state index contributed by atoms with van der Waals surface area (Å²) in [7, 11) is -3.95. The summed E-state index contributed by atoms with van der Waals surface area (Å²) in [6.07, 6.45) is 15.5. The highest BCUT2D eigenvalue weighted by Crippen LogP contribution is 2.58. The molecule has 0 heterocycles. The van der Waals surface area contributed by atoms with Crippen molar-refractivity contribution < 1.29 is 18.1 Å². The second-order valence-corrected chi connectivity index (χ2v) is 8.91. The van der Waals surface area contributed by atoms with Gasteiger partial charge in [0, 0.05) is 11.8 Å². The fourth-order valence-electron chi connectivity index (χ4n) is 3.02. The van der Waals surface area contributed by atoms with Crippen molar-refractivity contribution in [3.63, 3.8) is 0 Å². The summed E-state index contributed by atoms with van der Waals surface area (Å²) in [4.78, 5) is 0. The van der Waals surface area contributed by atoms with Crippen LogP contribution in [0.5, 0.6) is 5.75 Å². The minimum absolute atomic E-state index is 0.0193. The molecule has 0 fully saturated rings. The standard InChI is InChI=1S/C22H27O4P/c1-18-12-8-10-16-21(18,3)25-27(23,24-20-14-6-5-7-15-20)26-22(4)17-11-9-13-19(22)2/h5-19H,1-4H3. The highest BCUT2D eigenvalue weighted by molar-refractivity contribution is 7.49. The van der Waals surface area contributed by atoms with E-state index in [0.717, 1.165) is 0 Å². The lowest BCUT2D eigenvalue weighted by atomic mass is 9.87. The first-order valence-corrected chi connectivity index (χ1v) is 10.7. The third kappa shape index (κ3) is 4.52. The van der Waals surface area contributed by atoms with Crippen LogP contribution in [0.3, 0.4) is 0 Å². The van der Waals surface area contributed by atoms with E-state index >= 15 is 0 Å². The van der Waals surface area contributed by atoms with Gasteiger partial charge in [0.25, 0.3) is 0 Å². The molecule has 4 unspecified atom stereocenters. The summed E-state index contributed by atoms with van der Waals surface area (Å²) in [5.74, 6) is 0.482. The van der Waals surface area contributed by atoms with Gasteiger partial charge in [-0.3, -0.25) is 9.05 Å². The quantitative estimate of drug-likeness (QED) is 0.542. The number of rotatable bonds is 6. The number of phosphoric acid groups is 1. The second-order valence-electron chi connectivity index (χ2n) is 7.47. The molecule has 144 valence electrons. The molecule has 27 heavy (non-hydrogen) atoms. The van der Waals surface area contributed by atoms with Crippen molar-refractivity contribution in [3.8, 4) is 5.75 Å². The highest BCUT2D eigenvalue weighted by Gasteiger charge is 2.46. The third-order valence-electron chi connectivity index (χ3n) is 5.26. The van der Waals surface area contributed by atoms with Crippen LogP contribution in [0, 0.1) is 11.8 Å². The van der Waals surface area contributed by atoms with Gasteiger partial charge in [-0.15, -0.1) is 0 Å². The number of hydrogen-bond acceptors (Lipinski definition) is 4. The summed E-state index contributed by atoms with van der Waals surface area (Å²) in [6, 6.07) is 8.99. The molecule has 4 nitrogen and oxygen atoms in total. The molecule has 0 saturated heterocycles. The Bertz CT molecular complexity index is 780. The average molecular weight is 386 g/mol. The van der Waals surface area contributed by atoms with Gasteiger partial charge in [0.1, 0.15) is 17.0 Å². The van der Waals surface area contributed by atoms with E-state index in [2.05, 4.69) is 0 Å². The van der Waals surface area contributed by atoms with Crippen molar-refractivity contribution in [2.75, 3.05) is 0 Å². The van der Waals surface area contributed by atoms with E-state index in [4.69, 9.17) is 13.6 Å². The molecule has 1 aromatic rings. The zero-order valence-electron chi connectivity index (χ0n) is 16.2. The first kappa shape index (κ1) is 19.9. The van der Waals surface area contributed by atoms with Gasteiger partial charge >= 0.3 is 7.82 Å². The van der Waals surface area contributed by atoms with Crippen LogP contribution >= 0.6 is 7.82 Å². The van der Waals surface area contributed by atoms with Gasteiger partial charge in [0.2, 0.25) is 0 Å². The predicted octanol–water partition coefficient (Wildman–Crippen LogP) is 6.25. The Morgan fingerprint density at radius 2 is 1.30 bits per heavy atom. The SMILES string of the molecule is CC1C=CC=CC1(C)OP(=O)(Oc1ccccc1)OC1(C)C=CC=CC1C. The Morgan fingerprint density at radius 1 is 0.815 bits per heavy atom. The maximum atomic E-state index is 13.8. The lowest BCUT2D eigenvalue weighted by Gasteiger charge is -2.39. The highest BCUT2D eigenvalue weighted by atomic mass is 31.2. The first-order valence-electron chi connectivity index (χ1n) is 9.23. The molecular formula is C22H27O4P. The maximum absolute atomic E-state index is 13.8. The summed E-state index contributed by atoms with van der Waals surface area (Å²) < 4.78 is 31.9. The zero-order chi connectivity index (χ0) is 19.5. The lowest BCUT2D eigenvalue weighted by molar-refractivity contribution is 0.00313. The Hall–Kier alpha value is -1.87. The monoisotopic (exact) mass is 386 g/mol. The summed E-state index contributed by atoms with van der Waals surface area (Å²) >= 11 is 0. The Morgan fingerprint density at radius 3 is 1.74 bits per heavy atom. The van der Waals surface area contributed by atoms with Gasteiger partial charge in [0.15, 0.2) is 0 Å². The first-order chi connectivity index (χ1) is 12.7. The van der Waals surface area contributed by atoms with E-state index in [1.807, 2.05) is 94.5 Å². The molecule has 0 amide bonds. The van der Waals surface area contributed by atoms with E-state index in [1.165, 1.54) is 0 Å². The summed E-state index contributed by atoms with van der Waals surface area (Å²) in [6.45, 7) is 7.82. The number of hydrogen-bond donors (Lipinski definition) is 0. The van der Waals surface area contributed by atoms with Crippen molar-refractivity contribution in [3.05, 3.63) is 78.9 Å². The molecule has 0 radical (unpaired) electrons. The molecule has 4 atom stereocenters. The minimum atomic E-state index is -3.95. The second kappa shape index (κ2) is 7.63. The molecule has 0 aliphatic heterocycles. The van der Waals surface area contributed by atoms with Crippen molar-refractivity contribution in [2.45, 2.75) is 38.9 Å². The van der Waals surface area contributed by atoms with Crippen LogP contribution < -0.4 is 4.52 Å². The van der Waals surface area contributed by atoms with Crippen LogP contribution in [0.1, 0.15) is 27.7 Å². The molecule has 0 saturated carbocycles. The molecule has 2 aliphatic rings. The minimum Gasteiger partial charge on any atom is -0.404 e. The van der Waals surface area contributed by atoms with Crippen LogP contribution in [-0.4, -0.2) is 11.2 Å². The van der Waals surface area contributed by atoms with Crippen molar-refractivity contribution in [1.82, 2.24) is 0 Å². The normalized spacial score (nSPS) is 34.4. The van der Waals surface area contributed by atoms with E-state index in [0.29, 0.717) is 5.75 Å². The molecule has 0 spiro atoms. The van der Waals surface area contributed by atoms with Crippen LogP contribution in [0.15, 0.2) is 78.9 Å². The number of phosphoric ester groups is 1. The van der Waals surface area contributed by atoms with Crippen molar-refractivity contribution >= 4 is 7.82 Å². The van der Waals surface area contributed by atoms with Crippen molar-refractivity contribution in [1.29, 1.82) is 0 Å². The Kier molecular flexibility index (Phi) is 5.62.